The van der Waals surface area contributed by atoms with Crippen LogP contribution < -0.4 is 14.8 Å². The molecular formula is C24H26N2O4S. The Morgan fingerprint density at radius 3 is 2.10 bits per heavy atom. The number of amides is 1. The minimum atomic E-state index is -3.74. The number of anilines is 2. The van der Waals surface area contributed by atoms with Crippen molar-refractivity contribution in [3.8, 4) is 5.75 Å². The average Bonchev–Trinajstić information content (AvgIpc) is 2.72. The smallest absolute Gasteiger partial charge is 0.265 e. The van der Waals surface area contributed by atoms with Crippen LogP contribution in [0.3, 0.4) is 0 Å². The molecule has 0 spiro atoms. The van der Waals surface area contributed by atoms with Gasteiger partial charge in [0.2, 0.25) is 0 Å². The van der Waals surface area contributed by atoms with Gasteiger partial charge in [-0.15, -0.1) is 0 Å². The Bertz CT molecular complexity index is 1170. The Kier molecular flexibility index (Phi) is 6.65. The quantitative estimate of drug-likeness (QED) is 0.554. The fourth-order valence-corrected chi connectivity index (χ4v) is 4.10. The van der Waals surface area contributed by atoms with Gasteiger partial charge in [-0.3, -0.25) is 9.52 Å². The third-order valence-corrected chi connectivity index (χ3v) is 6.14. The van der Waals surface area contributed by atoms with Crippen molar-refractivity contribution in [2.45, 2.75) is 38.7 Å². The average molecular weight is 439 g/mol. The van der Waals surface area contributed by atoms with Gasteiger partial charge >= 0.3 is 0 Å². The molecule has 0 aliphatic heterocycles. The first-order valence-corrected chi connectivity index (χ1v) is 11.4. The van der Waals surface area contributed by atoms with Crippen molar-refractivity contribution in [2.75, 3.05) is 10.0 Å². The molecular weight excluding hydrogens is 412 g/mol. The lowest BCUT2D eigenvalue weighted by Crippen LogP contribution is -2.30. The van der Waals surface area contributed by atoms with Crippen LogP contribution in [0.1, 0.15) is 23.6 Å². The standard InChI is InChI=1S/C24H26N2O4S/c1-16-5-10-21(11-6-16)30-19(4)24(27)25-20-8-12-22(13-9-20)31(28,29)26-23-14-7-17(2)15-18(23)3/h5-15,19,26H,1-4H3,(H,25,27)/t19-/m0/s1. The van der Waals surface area contributed by atoms with Gasteiger partial charge in [0.15, 0.2) is 6.10 Å². The minimum absolute atomic E-state index is 0.106. The maximum Gasteiger partial charge on any atom is 0.265 e. The van der Waals surface area contributed by atoms with Crippen molar-refractivity contribution >= 4 is 27.3 Å². The summed E-state index contributed by atoms with van der Waals surface area (Å²) in [5, 5.41) is 2.74. The molecule has 0 saturated heterocycles. The zero-order chi connectivity index (χ0) is 22.6. The number of benzene rings is 3. The van der Waals surface area contributed by atoms with E-state index in [2.05, 4.69) is 10.0 Å². The van der Waals surface area contributed by atoms with Crippen LogP contribution in [0.15, 0.2) is 71.6 Å². The number of hydrogen-bond donors (Lipinski definition) is 2. The van der Waals surface area contributed by atoms with E-state index in [-0.39, 0.29) is 10.8 Å². The minimum Gasteiger partial charge on any atom is -0.481 e. The van der Waals surface area contributed by atoms with Crippen LogP contribution in [0.5, 0.6) is 5.75 Å². The van der Waals surface area contributed by atoms with E-state index in [0.717, 1.165) is 16.7 Å². The van der Waals surface area contributed by atoms with Gasteiger partial charge in [-0.1, -0.05) is 35.4 Å². The molecule has 0 aliphatic rings. The first-order valence-electron chi connectivity index (χ1n) is 9.88. The number of nitrogens with one attached hydrogen (secondary N) is 2. The Labute approximate surface area is 183 Å². The number of carbonyl (C=O) groups excluding carboxylic acids is 1. The normalized spacial score (nSPS) is 12.1. The van der Waals surface area contributed by atoms with Crippen LogP contribution in [0, 0.1) is 20.8 Å². The fraction of sp³-hybridized carbons (Fsp3) is 0.208. The van der Waals surface area contributed by atoms with E-state index in [1.165, 1.54) is 12.1 Å². The van der Waals surface area contributed by atoms with Crippen molar-refractivity contribution < 1.29 is 17.9 Å². The lowest BCUT2D eigenvalue weighted by molar-refractivity contribution is -0.122. The molecule has 3 rings (SSSR count). The molecule has 0 saturated carbocycles. The van der Waals surface area contributed by atoms with Crippen LogP contribution in [-0.4, -0.2) is 20.4 Å². The highest BCUT2D eigenvalue weighted by molar-refractivity contribution is 7.92. The molecule has 0 radical (unpaired) electrons. The van der Waals surface area contributed by atoms with Gasteiger partial charge in [0.05, 0.1) is 10.6 Å². The van der Waals surface area contributed by atoms with Crippen molar-refractivity contribution in [1.29, 1.82) is 0 Å². The second-order valence-electron chi connectivity index (χ2n) is 7.51. The molecule has 2 N–H and O–H groups in total. The molecule has 3 aromatic carbocycles. The summed E-state index contributed by atoms with van der Waals surface area (Å²) in [6, 6.07) is 18.9. The van der Waals surface area contributed by atoms with E-state index >= 15 is 0 Å². The molecule has 0 aromatic heterocycles. The number of ether oxygens (including phenoxy) is 1. The summed E-state index contributed by atoms with van der Waals surface area (Å²) in [5.41, 5.74) is 4.02. The lowest BCUT2D eigenvalue weighted by atomic mass is 10.1. The summed E-state index contributed by atoms with van der Waals surface area (Å²) in [6.45, 7) is 7.43. The summed E-state index contributed by atoms with van der Waals surface area (Å²) in [7, 11) is -3.74. The van der Waals surface area contributed by atoms with Gasteiger partial charge < -0.3 is 10.1 Å². The Balaban J connectivity index is 1.64. The maximum absolute atomic E-state index is 12.7. The van der Waals surface area contributed by atoms with Crippen LogP contribution >= 0.6 is 0 Å². The Hall–Kier alpha value is -3.32. The molecule has 162 valence electrons. The summed E-state index contributed by atoms with van der Waals surface area (Å²) in [4.78, 5) is 12.5. The zero-order valence-electron chi connectivity index (χ0n) is 18.0. The highest BCUT2D eigenvalue weighted by atomic mass is 32.2. The van der Waals surface area contributed by atoms with Crippen LogP contribution in [0.4, 0.5) is 11.4 Å². The SMILES string of the molecule is Cc1ccc(O[C@@H](C)C(=O)Nc2ccc(S(=O)(=O)Nc3ccc(C)cc3C)cc2)cc1. The molecule has 0 fully saturated rings. The summed E-state index contributed by atoms with van der Waals surface area (Å²) in [5.74, 6) is 0.275. The van der Waals surface area contributed by atoms with E-state index in [1.807, 2.05) is 57.2 Å². The number of rotatable bonds is 7. The number of hydrogen-bond acceptors (Lipinski definition) is 4. The molecule has 1 amide bonds. The molecule has 6 nitrogen and oxygen atoms in total. The summed E-state index contributed by atoms with van der Waals surface area (Å²) >= 11 is 0. The number of sulfonamides is 1. The molecule has 0 aliphatic carbocycles. The highest BCUT2D eigenvalue weighted by Crippen LogP contribution is 2.22. The summed E-state index contributed by atoms with van der Waals surface area (Å²) in [6.07, 6.45) is -0.711. The highest BCUT2D eigenvalue weighted by Gasteiger charge is 2.17. The van der Waals surface area contributed by atoms with Gasteiger partial charge in [0, 0.05) is 5.69 Å². The third-order valence-electron chi connectivity index (χ3n) is 4.76. The molecule has 3 aromatic rings. The number of carbonyl (C=O) groups is 1. The van der Waals surface area contributed by atoms with Crippen molar-refractivity contribution in [3.63, 3.8) is 0 Å². The van der Waals surface area contributed by atoms with E-state index in [4.69, 9.17) is 4.74 Å². The van der Waals surface area contributed by atoms with Crippen molar-refractivity contribution in [2.24, 2.45) is 0 Å². The second-order valence-corrected chi connectivity index (χ2v) is 9.19. The predicted octanol–water partition coefficient (Wildman–Crippen LogP) is 4.82. The Morgan fingerprint density at radius 2 is 1.48 bits per heavy atom. The van der Waals surface area contributed by atoms with Gasteiger partial charge in [0.25, 0.3) is 15.9 Å². The summed E-state index contributed by atoms with van der Waals surface area (Å²) < 4.78 is 33.6. The van der Waals surface area contributed by atoms with E-state index in [0.29, 0.717) is 17.1 Å². The maximum atomic E-state index is 12.7. The molecule has 0 heterocycles. The first kappa shape index (κ1) is 22.4. The van der Waals surface area contributed by atoms with Crippen LogP contribution in [0.25, 0.3) is 0 Å². The van der Waals surface area contributed by atoms with Crippen molar-refractivity contribution in [1.82, 2.24) is 0 Å². The van der Waals surface area contributed by atoms with Gasteiger partial charge in [0.1, 0.15) is 5.75 Å². The second kappa shape index (κ2) is 9.22. The predicted molar refractivity (Wildman–Crippen MR) is 123 cm³/mol. The van der Waals surface area contributed by atoms with Crippen LogP contribution in [-0.2, 0) is 14.8 Å². The lowest BCUT2D eigenvalue weighted by Gasteiger charge is -2.15. The fourth-order valence-electron chi connectivity index (χ4n) is 2.97. The van der Waals surface area contributed by atoms with E-state index in [9.17, 15) is 13.2 Å². The largest absolute Gasteiger partial charge is 0.481 e. The monoisotopic (exact) mass is 438 g/mol. The third kappa shape index (κ3) is 5.86. The number of aryl methyl sites for hydroxylation is 3. The molecule has 0 unspecified atom stereocenters. The topological polar surface area (TPSA) is 84.5 Å². The van der Waals surface area contributed by atoms with Crippen LogP contribution in [0.2, 0.25) is 0 Å². The Morgan fingerprint density at radius 1 is 0.871 bits per heavy atom. The molecule has 1 atom stereocenters. The van der Waals surface area contributed by atoms with Crippen molar-refractivity contribution in [3.05, 3.63) is 83.4 Å². The molecule has 7 heteroatoms. The van der Waals surface area contributed by atoms with Gasteiger partial charge in [-0.05, 0) is 75.7 Å². The van der Waals surface area contributed by atoms with Gasteiger partial charge in [-0.2, -0.15) is 0 Å². The van der Waals surface area contributed by atoms with E-state index < -0.39 is 16.1 Å². The first-order chi connectivity index (χ1) is 14.6. The molecule has 0 bridgehead atoms. The molecule has 31 heavy (non-hydrogen) atoms. The van der Waals surface area contributed by atoms with Gasteiger partial charge in [-0.25, -0.2) is 8.42 Å². The van der Waals surface area contributed by atoms with E-state index in [1.54, 1.807) is 25.1 Å². The zero-order valence-corrected chi connectivity index (χ0v) is 18.8.